The Labute approximate surface area is 89.9 Å². The van der Waals surface area contributed by atoms with E-state index >= 15 is 0 Å². The zero-order valence-electron chi connectivity index (χ0n) is 10.2. The van der Waals surface area contributed by atoms with Gasteiger partial charge in [-0.2, -0.15) is 0 Å². The van der Waals surface area contributed by atoms with E-state index in [-0.39, 0.29) is 0 Å². The Morgan fingerprint density at radius 2 is 1.43 bits per heavy atom. The lowest BCUT2D eigenvalue weighted by Crippen LogP contribution is -2.18. The van der Waals surface area contributed by atoms with E-state index in [9.17, 15) is 0 Å². The van der Waals surface area contributed by atoms with Crippen LogP contribution in [-0.2, 0) is 0 Å². The summed E-state index contributed by atoms with van der Waals surface area (Å²) in [7, 11) is 2.01. The molecule has 86 valence electrons. The number of hydrogen-bond acceptors (Lipinski definition) is 2. The van der Waals surface area contributed by atoms with E-state index in [0.717, 1.165) is 12.5 Å². The van der Waals surface area contributed by atoms with E-state index < -0.39 is 0 Å². The molecule has 0 aliphatic carbocycles. The van der Waals surface area contributed by atoms with E-state index in [1.165, 1.54) is 45.2 Å². The van der Waals surface area contributed by atoms with Crippen LogP contribution < -0.4 is 10.6 Å². The fourth-order valence-corrected chi connectivity index (χ4v) is 1.48. The predicted octanol–water partition coefficient (Wildman–Crippen LogP) is 2.40. The molecule has 0 radical (unpaired) electrons. The molecule has 2 N–H and O–H groups in total. The molecule has 0 unspecified atom stereocenters. The number of rotatable bonds is 10. The monoisotopic (exact) mass is 200 g/mol. The summed E-state index contributed by atoms with van der Waals surface area (Å²) in [5.74, 6) is 0.866. The highest BCUT2D eigenvalue weighted by Gasteiger charge is 1.93. The average Bonchev–Trinajstić information content (AvgIpc) is 2.15. The van der Waals surface area contributed by atoms with Gasteiger partial charge in [0.1, 0.15) is 0 Å². The molecule has 0 saturated heterocycles. The maximum absolute atomic E-state index is 3.49. The smallest absolute Gasteiger partial charge is 0.00484 e. The molecular weight excluding hydrogens is 172 g/mol. The van der Waals surface area contributed by atoms with Crippen LogP contribution in [0.3, 0.4) is 0 Å². The zero-order valence-corrected chi connectivity index (χ0v) is 10.2. The molecule has 0 bridgehead atoms. The van der Waals surface area contributed by atoms with Crippen LogP contribution in [0.25, 0.3) is 0 Å². The van der Waals surface area contributed by atoms with Crippen LogP contribution in [0.2, 0.25) is 0 Å². The Morgan fingerprint density at radius 3 is 2.00 bits per heavy atom. The summed E-state index contributed by atoms with van der Waals surface area (Å²) in [5, 5.41) is 6.65. The second kappa shape index (κ2) is 11.0. The van der Waals surface area contributed by atoms with Crippen molar-refractivity contribution >= 4 is 0 Å². The summed E-state index contributed by atoms with van der Waals surface area (Å²) in [4.78, 5) is 0. The topological polar surface area (TPSA) is 24.1 Å². The largest absolute Gasteiger partial charge is 0.320 e. The second-order valence-corrected chi connectivity index (χ2v) is 4.45. The van der Waals surface area contributed by atoms with Crippen molar-refractivity contribution in [2.75, 3.05) is 26.7 Å². The van der Waals surface area contributed by atoms with Crippen LogP contribution in [-0.4, -0.2) is 26.7 Å². The lowest BCUT2D eigenvalue weighted by molar-refractivity contribution is 0.515. The molecule has 0 spiro atoms. The van der Waals surface area contributed by atoms with Gasteiger partial charge in [0.15, 0.2) is 0 Å². The first kappa shape index (κ1) is 13.9. The minimum Gasteiger partial charge on any atom is -0.320 e. The Kier molecular flexibility index (Phi) is 10.9. The van der Waals surface area contributed by atoms with Gasteiger partial charge in [0.25, 0.3) is 0 Å². The van der Waals surface area contributed by atoms with Crippen LogP contribution in [0.4, 0.5) is 0 Å². The molecule has 0 aromatic heterocycles. The third-order valence-corrected chi connectivity index (χ3v) is 2.42. The molecule has 0 saturated carbocycles. The highest BCUT2D eigenvalue weighted by Crippen LogP contribution is 2.04. The molecule has 0 heterocycles. The highest BCUT2D eigenvalue weighted by molar-refractivity contribution is 4.52. The molecule has 0 rings (SSSR count). The molecule has 0 aromatic rings. The van der Waals surface area contributed by atoms with Crippen molar-refractivity contribution < 1.29 is 0 Å². The first-order valence-corrected chi connectivity index (χ1v) is 6.12. The molecule has 0 amide bonds. The van der Waals surface area contributed by atoms with Gasteiger partial charge in [-0.3, -0.25) is 0 Å². The Morgan fingerprint density at radius 1 is 0.857 bits per heavy atom. The van der Waals surface area contributed by atoms with E-state index in [1.807, 2.05) is 7.05 Å². The van der Waals surface area contributed by atoms with Gasteiger partial charge in [0, 0.05) is 0 Å². The van der Waals surface area contributed by atoms with Gasteiger partial charge in [-0.25, -0.2) is 0 Å². The standard InChI is InChI=1S/C12H28N2/c1-12(2)8-4-5-10-14-11-7-6-9-13-3/h12-14H,4-11H2,1-3H3. The number of nitrogens with one attached hydrogen (secondary N) is 2. The van der Waals surface area contributed by atoms with Crippen LogP contribution >= 0.6 is 0 Å². The van der Waals surface area contributed by atoms with Crippen molar-refractivity contribution in [3.8, 4) is 0 Å². The Bertz CT molecular complexity index is 102. The van der Waals surface area contributed by atoms with Crippen molar-refractivity contribution in [3.05, 3.63) is 0 Å². The Balaban J connectivity index is 2.85. The van der Waals surface area contributed by atoms with Gasteiger partial charge in [-0.1, -0.05) is 26.7 Å². The van der Waals surface area contributed by atoms with Crippen molar-refractivity contribution in [2.24, 2.45) is 5.92 Å². The van der Waals surface area contributed by atoms with Gasteiger partial charge in [-0.05, 0) is 51.9 Å². The van der Waals surface area contributed by atoms with E-state index in [0.29, 0.717) is 0 Å². The van der Waals surface area contributed by atoms with Crippen LogP contribution in [0, 0.1) is 5.92 Å². The van der Waals surface area contributed by atoms with Crippen LogP contribution in [0.1, 0.15) is 46.0 Å². The first-order chi connectivity index (χ1) is 6.77. The molecule has 0 aromatic carbocycles. The summed E-state index contributed by atoms with van der Waals surface area (Å²) < 4.78 is 0. The summed E-state index contributed by atoms with van der Waals surface area (Å²) in [6, 6.07) is 0. The first-order valence-electron chi connectivity index (χ1n) is 6.12. The summed E-state index contributed by atoms with van der Waals surface area (Å²) in [6.07, 6.45) is 6.67. The van der Waals surface area contributed by atoms with Crippen LogP contribution in [0.5, 0.6) is 0 Å². The minimum absolute atomic E-state index is 0.866. The number of hydrogen-bond donors (Lipinski definition) is 2. The maximum atomic E-state index is 3.49. The van der Waals surface area contributed by atoms with Crippen molar-refractivity contribution in [3.63, 3.8) is 0 Å². The molecule has 0 fully saturated rings. The fraction of sp³-hybridized carbons (Fsp3) is 1.00. The predicted molar refractivity (Wildman–Crippen MR) is 64.7 cm³/mol. The van der Waals surface area contributed by atoms with Gasteiger partial charge < -0.3 is 10.6 Å². The van der Waals surface area contributed by atoms with Crippen LogP contribution in [0.15, 0.2) is 0 Å². The van der Waals surface area contributed by atoms with E-state index in [2.05, 4.69) is 24.5 Å². The SMILES string of the molecule is CNCCCCNCCCCC(C)C. The molecular formula is C12H28N2. The molecule has 14 heavy (non-hydrogen) atoms. The van der Waals surface area contributed by atoms with Gasteiger partial charge >= 0.3 is 0 Å². The normalized spacial score (nSPS) is 11.1. The lowest BCUT2D eigenvalue weighted by Gasteiger charge is -2.06. The highest BCUT2D eigenvalue weighted by atomic mass is 14.8. The summed E-state index contributed by atoms with van der Waals surface area (Å²) in [6.45, 7) is 8.13. The molecule has 0 aliphatic rings. The summed E-state index contributed by atoms with van der Waals surface area (Å²) >= 11 is 0. The van der Waals surface area contributed by atoms with E-state index in [4.69, 9.17) is 0 Å². The van der Waals surface area contributed by atoms with Gasteiger partial charge in [0.05, 0.1) is 0 Å². The quantitative estimate of drug-likeness (QED) is 0.529. The molecule has 2 heteroatoms. The minimum atomic E-state index is 0.866. The van der Waals surface area contributed by atoms with Gasteiger partial charge in [0.2, 0.25) is 0 Å². The average molecular weight is 200 g/mol. The fourth-order valence-electron chi connectivity index (χ4n) is 1.48. The van der Waals surface area contributed by atoms with Crippen molar-refractivity contribution in [2.45, 2.75) is 46.0 Å². The van der Waals surface area contributed by atoms with Crippen molar-refractivity contribution in [1.82, 2.24) is 10.6 Å². The van der Waals surface area contributed by atoms with Gasteiger partial charge in [-0.15, -0.1) is 0 Å². The molecule has 0 atom stereocenters. The van der Waals surface area contributed by atoms with Crippen molar-refractivity contribution in [1.29, 1.82) is 0 Å². The summed E-state index contributed by atoms with van der Waals surface area (Å²) in [5.41, 5.74) is 0. The number of unbranched alkanes of at least 4 members (excludes halogenated alkanes) is 2. The third-order valence-electron chi connectivity index (χ3n) is 2.42. The third kappa shape index (κ3) is 11.9. The second-order valence-electron chi connectivity index (χ2n) is 4.45. The molecule has 0 aliphatic heterocycles. The lowest BCUT2D eigenvalue weighted by atomic mass is 10.1. The van der Waals surface area contributed by atoms with E-state index in [1.54, 1.807) is 0 Å². The molecule has 2 nitrogen and oxygen atoms in total. The zero-order chi connectivity index (χ0) is 10.6. The maximum Gasteiger partial charge on any atom is -0.00484 e. The Hall–Kier alpha value is -0.0800.